The molecule has 0 unspecified atom stereocenters. The van der Waals surface area contributed by atoms with Crippen molar-refractivity contribution in [3.05, 3.63) is 64.4 Å². The summed E-state index contributed by atoms with van der Waals surface area (Å²) >= 11 is 1.34. The molecule has 4 rings (SSSR count). The van der Waals surface area contributed by atoms with E-state index in [1.807, 2.05) is 16.7 Å². The molecule has 30 heavy (non-hydrogen) atoms. The molecule has 9 heteroatoms. The predicted octanol–water partition coefficient (Wildman–Crippen LogP) is 2.94. The average Bonchev–Trinajstić information content (AvgIpc) is 3.23. The largest absolute Gasteiger partial charge is 0.493 e. The maximum absolute atomic E-state index is 12.7. The number of thiazole rings is 1. The van der Waals surface area contributed by atoms with Gasteiger partial charge in [-0.2, -0.15) is 4.99 Å². The van der Waals surface area contributed by atoms with Gasteiger partial charge < -0.3 is 18.5 Å². The number of methoxy groups -OCH3 is 2. The molecule has 0 bridgehead atoms. The number of hydrogen-bond acceptors (Lipinski definition) is 6. The van der Waals surface area contributed by atoms with Crippen LogP contribution in [0.15, 0.2) is 63.3 Å². The van der Waals surface area contributed by atoms with Crippen LogP contribution in [-0.2, 0) is 17.9 Å². The van der Waals surface area contributed by atoms with Crippen LogP contribution in [0.5, 0.6) is 11.5 Å². The fourth-order valence-electron chi connectivity index (χ4n) is 3.23. The Balaban J connectivity index is 1.80. The van der Waals surface area contributed by atoms with E-state index < -0.39 is 11.7 Å². The third-order valence-electron chi connectivity index (χ3n) is 4.59. The van der Waals surface area contributed by atoms with Gasteiger partial charge in [0, 0.05) is 18.7 Å². The van der Waals surface area contributed by atoms with Crippen LogP contribution in [0.25, 0.3) is 21.3 Å². The number of oxazole rings is 1. The summed E-state index contributed by atoms with van der Waals surface area (Å²) in [5.74, 6) is 0.109. The minimum Gasteiger partial charge on any atom is -0.493 e. The highest BCUT2D eigenvalue weighted by molar-refractivity contribution is 7.16. The Morgan fingerprint density at radius 1 is 1.17 bits per heavy atom. The first-order valence-corrected chi connectivity index (χ1v) is 9.89. The molecule has 0 fully saturated rings. The number of para-hydroxylation sites is 2. The van der Waals surface area contributed by atoms with E-state index in [9.17, 15) is 9.59 Å². The van der Waals surface area contributed by atoms with Gasteiger partial charge in [0.1, 0.15) is 6.54 Å². The molecule has 154 valence electrons. The molecule has 0 radical (unpaired) electrons. The maximum atomic E-state index is 12.7. The zero-order valence-electron chi connectivity index (χ0n) is 16.5. The molecule has 2 aromatic carbocycles. The van der Waals surface area contributed by atoms with Crippen molar-refractivity contribution in [3.8, 4) is 11.5 Å². The zero-order valence-corrected chi connectivity index (χ0v) is 17.3. The highest BCUT2D eigenvalue weighted by Gasteiger charge is 2.15. The van der Waals surface area contributed by atoms with Crippen LogP contribution in [-0.4, -0.2) is 29.3 Å². The SMILES string of the molecule is C=CCn1c(=NC(=O)Cn2c(=O)oc3ccccc32)sc2cc(OC)c(OC)cc21. The fourth-order valence-corrected chi connectivity index (χ4v) is 4.30. The van der Waals surface area contributed by atoms with E-state index in [-0.39, 0.29) is 6.54 Å². The van der Waals surface area contributed by atoms with Gasteiger partial charge in [0.25, 0.3) is 5.91 Å². The topological polar surface area (TPSA) is 88.0 Å². The van der Waals surface area contributed by atoms with Gasteiger partial charge >= 0.3 is 5.76 Å². The van der Waals surface area contributed by atoms with Crippen molar-refractivity contribution in [2.45, 2.75) is 13.1 Å². The number of hydrogen-bond donors (Lipinski definition) is 0. The Morgan fingerprint density at radius 3 is 2.63 bits per heavy atom. The standard InChI is InChI=1S/C21H19N3O5S/c1-4-9-23-14-10-16(27-2)17(28-3)11-18(14)30-20(23)22-19(25)12-24-13-7-5-6-8-15(13)29-21(24)26/h4-8,10-11H,1,9,12H2,2-3H3. The van der Waals surface area contributed by atoms with E-state index in [1.54, 1.807) is 44.6 Å². The fraction of sp³-hybridized carbons (Fsp3) is 0.190. The van der Waals surface area contributed by atoms with Crippen molar-refractivity contribution >= 4 is 38.6 Å². The smallest absolute Gasteiger partial charge is 0.420 e. The van der Waals surface area contributed by atoms with Crippen LogP contribution < -0.4 is 20.0 Å². The molecule has 2 heterocycles. The van der Waals surface area contributed by atoms with E-state index in [4.69, 9.17) is 13.9 Å². The van der Waals surface area contributed by atoms with E-state index in [1.165, 1.54) is 15.9 Å². The molecule has 0 aliphatic rings. The number of carbonyl (C=O) groups excluding carboxylic acids is 1. The number of rotatable bonds is 6. The Labute approximate surface area is 174 Å². The summed E-state index contributed by atoms with van der Waals surface area (Å²) in [5.41, 5.74) is 1.82. The van der Waals surface area contributed by atoms with E-state index in [2.05, 4.69) is 11.6 Å². The van der Waals surface area contributed by atoms with E-state index in [0.717, 1.165) is 10.2 Å². The van der Waals surface area contributed by atoms with Gasteiger partial charge in [0.15, 0.2) is 21.9 Å². The Morgan fingerprint density at radius 2 is 1.90 bits per heavy atom. The summed E-state index contributed by atoms with van der Waals surface area (Å²) in [6.07, 6.45) is 1.72. The van der Waals surface area contributed by atoms with Crippen molar-refractivity contribution in [3.63, 3.8) is 0 Å². The molecule has 0 atom stereocenters. The van der Waals surface area contributed by atoms with Crippen molar-refractivity contribution in [2.75, 3.05) is 14.2 Å². The van der Waals surface area contributed by atoms with Crippen molar-refractivity contribution in [1.29, 1.82) is 0 Å². The molecule has 0 aliphatic carbocycles. The minimum atomic E-state index is -0.593. The number of allylic oxidation sites excluding steroid dienone is 1. The van der Waals surface area contributed by atoms with Gasteiger partial charge in [-0.3, -0.25) is 9.36 Å². The highest BCUT2D eigenvalue weighted by atomic mass is 32.1. The first-order valence-electron chi connectivity index (χ1n) is 9.08. The first-order chi connectivity index (χ1) is 14.5. The summed E-state index contributed by atoms with van der Waals surface area (Å²) < 4.78 is 20.0. The van der Waals surface area contributed by atoms with Gasteiger partial charge in [0.05, 0.1) is 30.0 Å². The lowest BCUT2D eigenvalue weighted by Crippen LogP contribution is -2.22. The number of amides is 1. The van der Waals surface area contributed by atoms with Gasteiger partial charge in [-0.1, -0.05) is 29.5 Å². The molecule has 0 spiro atoms. The molecule has 0 saturated carbocycles. The van der Waals surface area contributed by atoms with Crippen molar-refractivity contribution in [1.82, 2.24) is 9.13 Å². The second-order valence-corrected chi connectivity index (χ2v) is 7.40. The Hall–Kier alpha value is -3.59. The van der Waals surface area contributed by atoms with Gasteiger partial charge in [0.2, 0.25) is 0 Å². The number of fused-ring (bicyclic) bond motifs is 2. The number of aromatic nitrogens is 2. The van der Waals surface area contributed by atoms with Crippen LogP contribution in [0.2, 0.25) is 0 Å². The monoisotopic (exact) mass is 425 g/mol. The molecular formula is C21H19N3O5S. The molecule has 8 nitrogen and oxygen atoms in total. The third-order valence-corrected chi connectivity index (χ3v) is 5.63. The molecular weight excluding hydrogens is 406 g/mol. The highest BCUT2D eigenvalue weighted by Crippen LogP contribution is 2.33. The van der Waals surface area contributed by atoms with Crippen LogP contribution in [0.4, 0.5) is 0 Å². The number of ether oxygens (including phenoxy) is 2. The lowest BCUT2D eigenvalue weighted by atomic mass is 10.3. The summed E-state index contributed by atoms with van der Waals surface area (Å²) in [7, 11) is 3.13. The average molecular weight is 425 g/mol. The molecule has 0 N–H and O–H groups in total. The zero-order chi connectivity index (χ0) is 21.3. The van der Waals surface area contributed by atoms with Gasteiger partial charge in [-0.05, 0) is 12.1 Å². The molecule has 4 aromatic rings. The first kappa shape index (κ1) is 19.7. The van der Waals surface area contributed by atoms with Crippen LogP contribution >= 0.6 is 11.3 Å². The normalized spacial score (nSPS) is 11.9. The van der Waals surface area contributed by atoms with Crippen LogP contribution in [0.3, 0.4) is 0 Å². The second-order valence-electron chi connectivity index (χ2n) is 6.39. The summed E-state index contributed by atoms with van der Waals surface area (Å²) in [6.45, 7) is 4.03. The molecule has 1 amide bonds. The maximum Gasteiger partial charge on any atom is 0.420 e. The Kier molecular flexibility index (Phi) is 5.28. The summed E-state index contributed by atoms with van der Waals surface area (Å²) in [5, 5.41) is 0. The number of benzene rings is 2. The van der Waals surface area contributed by atoms with Gasteiger partial charge in [-0.25, -0.2) is 4.79 Å². The second kappa shape index (κ2) is 8.03. The van der Waals surface area contributed by atoms with Crippen LogP contribution in [0, 0.1) is 0 Å². The number of carbonyl (C=O) groups is 1. The van der Waals surface area contributed by atoms with Crippen molar-refractivity contribution < 1.29 is 18.7 Å². The molecule has 0 aliphatic heterocycles. The van der Waals surface area contributed by atoms with Gasteiger partial charge in [-0.15, -0.1) is 6.58 Å². The van der Waals surface area contributed by atoms with E-state index in [0.29, 0.717) is 33.9 Å². The summed E-state index contributed by atoms with van der Waals surface area (Å²) in [4.78, 5) is 29.6. The molecule has 2 aromatic heterocycles. The summed E-state index contributed by atoms with van der Waals surface area (Å²) in [6, 6.07) is 10.6. The lowest BCUT2D eigenvalue weighted by Gasteiger charge is -2.08. The molecule has 0 saturated heterocycles. The van der Waals surface area contributed by atoms with E-state index >= 15 is 0 Å². The minimum absolute atomic E-state index is 0.217. The quantitative estimate of drug-likeness (QED) is 0.443. The third kappa shape index (κ3) is 3.43. The Bertz CT molecular complexity index is 1390. The van der Waals surface area contributed by atoms with Crippen LogP contribution in [0.1, 0.15) is 0 Å². The predicted molar refractivity (Wildman–Crippen MR) is 114 cm³/mol. The van der Waals surface area contributed by atoms with Crippen molar-refractivity contribution in [2.24, 2.45) is 4.99 Å². The lowest BCUT2D eigenvalue weighted by molar-refractivity contribution is -0.118. The number of nitrogens with zero attached hydrogens (tertiary/aromatic N) is 3.